The molecule has 1 amide bonds. The van der Waals surface area contributed by atoms with Crippen molar-refractivity contribution < 1.29 is 9.18 Å². The highest BCUT2D eigenvalue weighted by atomic mass is 19.1. The van der Waals surface area contributed by atoms with Crippen LogP contribution in [0, 0.1) is 17.7 Å². The number of halogens is 1. The first kappa shape index (κ1) is 18.5. The molecule has 1 N–H and O–H groups in total. The van der Waals surface area contributed by atoms with E-state index in [-0.39, 0.29) is 23.7 Å². The van der Waals surface area contributed by atoms with Gasteiger partial charge in [0, 0.05) is 11.5 Å². The summed E-state index contributed by atoms with van der Waals surface area (Å²) in [7, 11) is 0. The van der Waals surface area contributed by atoms with Gasteiger partial charge in [0.1, 0.15) is 5.82 Å². The van der Waals surface area contributed by atoms with Crippen LogP contribution in [-0.2, 0) is 4.79 Å². The van der Waals surface area contributed by atoms with E-state index in [0.717, 1.165) is 24.1 Å². The Balaban J connectivity index is 2.02. The number of aromatic nitrogens is 2. The largest absolute Gasteiger partial charge is 0.347 e. The summed E-state index contributed by atoms with van der Waals surface area (Å²) in [6, 6.07) is 8.44. The van der Waals surface area contributed by atoms with Crippen LogP contribution in [0.15, 0.2) is 30.3 Å². The lowest BCUT2D eigenvalue weighted by Gasteiger charge is -2.33. The number of carbonyl (C=O) groups is 1. The zero-order chi connectivity index (χ0) is 18.8. The van der Waals surface area contributed by atoms with E-state index in [1.807, 2.05) is 19.9 Å². The second-order valence-corrected chi connectivity index (χ2v) is 7.69. The van der Waals surface area contributed by atoms with E-state index in [9.17, 15) is 9.18 Å². The average molecular weight is 355 g/mol. The lowest BCUT2D eigenvalue weighted by Crippen LogP contribution is -2.35. The molecule has 0 spiro atoms. The van der Waals surface area contributed by atoms with E-state index < -0.39 is 0 Å². The van der Waals surface area contributed by atoms with E-state index in [2.05, 4.69) is 29.4 Å². The van der Waals surface area contributed by atoms with Gasteiger partial charge in [-0.1, -0.05) is 39.8 Å². The molecule has 5 heteroatoms. The highest BCUT2D eigenvalue weighted by molar-refractivity contribution is 5.78. The third kappa shape index (κ3) is 3.62. The molecule has 1 aromatic carbocycles. The Labute approximate surface area is 154 Å². The van der Waals surface area contributed by atoms with Crippen molar-refractivity contribution in [1.29, 1.82) is 0 Å². The lowest BCUT2D eigenvalue weighted by molar-refractivity contribution is -0.124. The summed E-state index contributed by atoms with van der Waals surface area (Å²) in [6.07, 6.45) is 1.82. The normalized spacial score (nSPS) is 19.5. The monoisotopic (exact) mass is 355 g/mol. The number of nitrogens with zero attached hydrogens (tertiary/aromatic N) is 2. The second-order valence-electron chi connectivity index (χ2n) is 7.69. The first-order chi connectivity index (χ1) is 12.4. The minimum atomic E-state index is -0.302. The number of hydrogen-bond acceptors (Lipinski definition) is 3. The summed E-state index contributed by atoms with van der Waals surface area (Å²) in [4.78, 5) is 12.2. The number of amides is 1. The number of benzene rings is 1. The van der Waals surface area contributed by atoms with Crippen LogP contribution in [0.25, 0.3) is 11.3 Å². The molecule has 0 saturated carbocycles. The third-order valence-electron chi connectivity index (χ3n) is 5.14. The molecule has 0 saturated heterocycles. The zero-order valence-corrected chi connectivity index (χ0v) is 15.8. The molecule has 1 aliphatic rings. The van der Waals surface area contributed by atoms with E-state index in [1.165, 1.54) is 6.07 Å². The van der Waals surface area contributed by atoms with Gasteiger partial charge in [-0.05, 0) is 48.4 Å². The van der Waals surface area contributed by atoms with Gasteiger partial charge in [0.05, 0.1) is 17.4 Å². The van der Waals surface area contributed by atoms with Gasteiger partial charge in [0.2, 0.25) is 5.91 Å². The third-order valence-corrected chi connectivity index (χ3v) is 5.14. The first-order valence-electron chi connectivity index (χ1n) is 9.31. The van der Waals surface area contributed by atoms with Crippen LogP contribution >= 0.6 is 0 Å². The molecular formula is C21H26FN3O. The molecule has 0 bridgehead atoms. The van der Waals surface area contributed by atoms with Crippen LogP contribution in [0.4, 0.5) is 4.39 Å². The predicted molar refractivity (Wildman–Crippen MR) is 100.0 cm³/mol. The highest BCUT2D eigenvalue weighted by Crippen LogP contribution is 2.41. The molecule has 1 heterocycles. The predicted octanol–water partition coefficient (Wildman–Crippen LogP) is 4.63. The average Bonchev–Trinajstić information content (AvgIpc) is 2.61. The van der Waals surface area contributed by atoms with E-state index in [1.54, 1.807) is 18.2 Å². The van der Waals surface area contributed by atoms with Crippen molar-refractivity contribution in [3.63, 3.8) is 0 Å². The molecule has 2 aromatic rings. The van der Waals surface area contributed by atoms with Gasteiger partial charge in [0.15, 0.2) is 0 Å². The molecule has 2 unspecified atom stereocenters. The number of rotatable bonds is 4. The Hall–Kier alpha value is -2.30. The van der Waals surface area contributed by atoms with Gasteiger partial charge >= 0.3 is 0 Å². The summed E-state index contributed by atoms with van der Waals surface area (Å²) < 4.78 is 14.2. The molecule has 1 aliphatic carbocycles. The molecule has 4 nitrogen and oxygen atoms in total. The smallest absolute Gasteiger partial charge is 0.223 e. The molecular weight excluding hydrogens is 329 g/mol. The summed E-state index contributed by atoms with van der Waals surface area (Å²) in [5, 5.41) is 11.8. The van der Waals surface area contributed by atoms with Gasteiger partial charge in [-0.25, -0.2) is 4.39 Å². The van der Waals surface area contributed by atoms with E-state index in [4.69, 9.17) is 0 Å². The van der Waals surface area contributed by atoms with Gasteiger partial charge < -0.3 is 5.32 Å². The molecule has 1 aromatic heterocycles. The Morgan fingerprint density at radius 2 is 1.88 bits per heavy atom. The molecule has 138 valence electrons. The summed E-state index contributed by atoms with van der Waals surface area (Å²) in [5.74, 6) is 0.408. The van der Waals surface area contributed by atoms with E-state index >= 15 is 0 Å². The maximum Gasteiger partial charge on any atom is 0.223 e. The first-order valence-corrected chi connectivity index (χ1v) is 9.31. The zero-order valence-electron chi connectivity index (χ0n) is 15.8. The number of hydrogen-bond donors (Lipinski definition) is 1. The summed E-state index contributed by atoms with van der Waals surface area (Å²) in [6.45, 7) is 8.13. The van der Waals surface area contributed by atoms with Crippen LogP contribution in [0.5, 0.6) is 0 Å². The van der Waals surface area contributed by atoms with Crippen molar-refractivity contribution in [3.8, 4) is 11.3 Å². The maximum atomic E-state index is 14.2. The Kier molecular flexibility index (Phi) is 5.35. The number of nitrogens with one attached hydrogen (secondary N) is 1. The Morgan fingerprint density at radius 3 is 2.54 bits per heavy atom. The topological polar surface area (TPSA) is 54.9 Å². The van der Waals surface area contributed by atoms with Crippen LogP contribution in [0.1, 0.15) is 63.8 Å². The molecule has 0 aliphatic heterocycles. The molecule has 0 fully saturated rings. The van der Waals surface area contributed by atoms with E-state index in [0.29, 0.717) is 23.1 Å². The summed E-state index contributed by atoms with van der Waals surface area (Å²) >= 11 is 0. The van der Waals surface area contributed by atoms with Crippen LogP contribution < -0.4 is 5.32 Å². The fourth-order valence-electron chi connectivity index (χ4n) is 3.59. The number of carbonyl (C=O) groups excluding carboxylic acids is 1. The molecule has 2 atom stereocenters. The second kappa shape index (κ2) is 7.52. The van der Waals surface area contributed by atoms with Gasteiger partial charge in [-0.2, -0.15) is 10.2 Å². The fourth-order valence-corrected chi connectivity index (χ4v) is 3.59. The van der Waals surface area contributed by atoms with Crippen molar-refractivity contribution in [2.24, 2.45) is 11.8 Å². The van der Waals surface area contributed by atoms with Crippen LogP contribution in [0.2, 0.25) is 0 Å². The maximum absolute atomic E-state index is 14.2. The van der Waals surface area contributed by atoms with Crippen LogP contribution in [0.3, 0.4) is 0 Å². The Morgan fingerprint density at radius 1 is 1.15 bits per heavy atom. The van der Waals surface area contributed by atoms with Gasteiger partial charge in [0.25, 0.3) is 0 Å². The highest BCUT2D eigenvalue weighted by Gasteiger charge is 2.32. The van der Waals surface area contributed by atoms with Crippen molar-refractivity contribution in [2.75, 3.05) is 0 Å². The van der Waals surface area contributed by atoms with Crippen molar-refractivity contribution in [1.82, 2.24) is 15.5 Å². The van der Waals surface area contributed by atoms with Crippen molar-refractivity contribution in [2.45, 2.75) is 52.5 Å². The molecule has 26 heavy (non-hydrogen) atoms. The minimum Gasteiger partial charge on any atom is -0.347 e. The van der Waals surface area contributed by atoms with Crippen LogP contribution in [-0.4, -0.2) is 16.1 Å². The quantitative estimate of drug-likeness (QED) is 0.870. The molecule has 3 rings (SSSR count). The fraction of sp³-hybridized carbons (Fsp3) is 0.476. The minimum absolute atomic E-state index is 0.0175. The SMILES string of the molecule is CC(C)C(=O)NC1CCC(C(C)C)c2cc(-c3ccccc3F)nnc21. The molecule has 0 radical (unpaired) electrons. The Bertz CT molecular complexity index is 804. The summed E-state index contributed by atoms with van der Waals surface area (Å²) in [5.41, 5.74) is 2.90. The van der Waals surface area contributed by atoms with Crippen molar-refractivity contribution in [3.05, 3.63) is 47.4 Å². The standard InChI is InChI=1S/C21H26FN3O/c1-12(2)14-9-10-18(23-21(26)13(3)4)20-16(14)11-19(24-25-20)15-7-5-6-8-17(15)22/h5-8,11-14,18H,9-10H2,1-4H3,(H,23,26). The lowest BCUT2D eigenvalue weighted by atomic mass is 9.77. The van der Waals surface area contributed by atoms with Crippen molar-refractivity contribution >= 4 is 5.91 Å². The number of fused-ring (bicyclic) bond motifs is 1. The van der Waals surface area contributed by atoms with Gasteiger partial charge in [-0.15, -0.1) is 0 Å². The van der Waals surface area contributed by atoms with Gasteiger partial charge in [-0.3, -0.25) is 4.79 Å².